The Balaban J connectivity index is 2.01. The van der Waals surface area contributed by atoms with Gasteiger partial charge in [-0.05, 0) is 29.3 Å². The summed E-state index contributed by atoms with van der Waals surface area (Å²) in [6, 6.07) is 12.9. The molecule has 0 radical (unpaired) electrons. The standard InChI is InChI=1S/C21H29N3O2S/c1-15(2)12-16-7-9-17(10-8-16)21(18-6-5-11-27-18)23-13-19(25)22-14-20(26)24(3)4/h5-11,15,21,23H,12-14H2,1-4H3,(H,22,25)/p+1/t21-/m0/s1. The van der Waals surface area contributed by atoms with Gasteiger partial charge in [0.1, 0.15) is 6.04 Å². The molecule has 0 bridgehead atoms. The molecule has 1 atom stereocenters. The molecule has 0 aliphatic rings. The van der Waals surface area contributed by atoms with Crippen molar-refractivity contribution in [2.24, 2.45) is 5.92 Å². The molecule has 0 spiro atoms. The summed E-state index contributed by atoms with van der Waals surface area (Å²) in [7, 11) is 3.35. The molecule has 2 amide bonds. The van der Waals surface area contributed by atoms with Crippen LogP contribution in [0.1, 0.15) is 35.9 Å². The Morgan fingerprint density at radius 1 is 1.15 bits per heavy atom. The van der Waals surface area contributed by atoms with Crippen LogP contribution in [0.5, 0.6) is 0 Å². The molecule has 1 aromatic heterocycles. The van der Waals surface area contributed by atoms with Crippen molar-refractivity contribution in [1.82, 2.24) is 10.2 Å². The van der Waals surface area contributed by atoms with Crippen molar-refractivity contribution in [3.05, 3.63) is 57.8 Å². The minimum Gasteiger partial charge on any atom is -0.347 e. The molecule has 2 rings (SSSR count). The van der Waals surface area contributed by atoms with Crippen molar-refractivity contribution in [2.45, 2.75) is 26.3 Å². The highest BCUT2D eigenvalue weighted by Gasteiger charge is 2.20. The topological polar surface area (TPSA) is 66.0 Å². The van der Waals surface area contributed by atoms with Crippen LogP contribution in [0.15, 0.2) is 41.8 Å². The first kappa shape index (κ1) is 21.1. The number of quaternary nitrogens is 1. The number of rotatable bonds is 9. The molecule has 2 aromatic rings. The van der Waals surface area contributed by atoms with Crippen LogP contribution in [0.4, 0.5) is 0 Å². The molecule has 0 saturated carbocycles. The van der Waals surface area contributed by atoms with Crippen LogP contribution in [0, 0.1) is 5.92 Å². The van der Waals surface area contributed by atoms with Gasteiger partial charge in [0, 0.05) is 19.7 Å². The van der Waals surface area contributed by atoms with Crippen molar-refractivity contribution < 1.29 is 14.9 Å². The number of nitrogens with two attached hydrogens (primary N) is 1. The summed E-state index contributed by atoms with van der Waals surface area (Å²) in [5.74, 6) is 0.381. The second-order valence-electron chi connectivity index (χ2n) is 7.34. The number of thiophene rings is 1. The van der Waals surface area contributed by atoms with E-state index in [-0.39, 0.29) is 30.9 Å². The van der Waals surface area contributed by atoms with E-state index in [1.54, 1.807) is 25.4 Å². The largest absolute Gasteiger partial charge is 0.347 e. The van der Waals surface area contributed by atoms with Crippen molar-refractivity contribution in [1.29, 1.82) is 0 Å². The van der Waals surface area contributed by atoms with Gasteiger partial charge in [0.2, 0.25) is 5.91 Å². The summed E-state index contributed by atoms with van der Waals surface area (Å²) >= 11 is 1.69. The molecule has 0 aliphatic carbocycles. The lowest BCUT2D eigenvalue weighted by atomic mass is 9.99. The lowest BCUT2D eigenvalue weighted by Gasteiger charge is -2.16. The second kappa shape index (κ2) is 10.2. The first-order chi connectivity index (χ1) is 12.9. The Labute approximate surface area is 165 Å². The summed E-state index contributed by atoms with van der Waals surface area (Å²) in [4.78, 5) is 26.4. The highest BCUT2D eigenvalue weighted by Crippen LogP contribution is 2.23. The van der Waals surface area contributed by atoms with E-state index in [0.717, 1.165) is 6.42 Å². The van der Waals surface area contributed by atoms with Crippen LogP contribution in [-0.2, 0) is 16.0 Å². The smallest absolute Gasteiger partial charge is 0.275 e. The van der Waals surface area contributed by atoms with E-state index >= 15 is 0 Å². The zero-order valence-corrected chi connectivity index (χ0v) is 17.4. The minimum atomic E-state index is -0.136. The fraction of sp³-hybridized carbons (Fsp3) is 0.429. The maximum Gasteiger partial charge on any atom is 0.275 e. The molecule has 6 heteroatoms. The molecule has 0 saturated heterocycles. The first-order valence-electron chi connectivity index (χ1n) is 9.29. The average Bonchev–Trinajstić information content (AvgIpc) is 3.15. The molecule has 1 aromatic carbocycles. The van der Waals surface area contributed by atoms with Crippen molar-refractivity contribution in [2.75, 3.05) is 27.2 Å². The molecule has 0 aliphatic heterocycles. The van der Waals surface area contributed by atoms with Gasteiger partial charge in [0.25, 0.3) is 5.91 Å². The average molecular weight is 389 g/mol. The molecular weight excluding hydrogens is 358 g/mol. The van der Waals surface area contributed by atoms with E-state index < -0.39 is 0 Å². The van der Waals surface area contributed by atoms with E-state index in [0.29, 0.717) is 5.92 Å². The van der Waals surface area contributed by atoms with Crippen molar-refractivity contribution in [3.63, 3.8) is 0 Å². The van der Waals surface area contributed by atoms with E-state index in [2.05, 4.69) is 54.9 Å². The van der Waals surface area contributed by atoms with Crippen LogP contribution in [0.25, 0.3) is 0 Å². The molecule has 0 unspecified atom stereocenters. The Bertz CT molecular complexity index is 724. The molecule has 3 N–H and O–H groups in total. The van der Waals surface area contributed by atoms with Gasteiger partial charge in [0.15, 0.2) is 6.54 Å². The van der Waals surface area contributed by atoms with Crippen LogP contribution in [0.2, 0.25) is 0 Å². The Morgan fingerprint density at radius 2 is 1.85 bits per heavy atom. The number of nitrogens with one attached hydrogen (secondary N) is 1. The SMILES string of the molecule is CC(C)Cc1ccc([C@H]([NH2+]CC(=O)NCC(=O)N(C)C)c2cccs2)cc1. The van der Waals surface area contributed by atoms with Crippen LogP contribution in [-0.4, -0.2) is 43.9 Å². The van der Waals surface area contributed by atoms with Crippen molar-refractivity contribution >= 4 is 23.2 Å². The van der Waals surface area contributed by atoms with Gasteiger partial charge in [-0.15, -0.1) is 11.3 Å². The number of nitrogens with zero attached hydrogens (tertiary/aromatic N) is 1. The summed E-state index contributed by atoms with van der Waals surface area (Å²) < 4.78 is 0. The third kappa shape index (κ3) is 6.81. The monoisotopic (exact) mass is 388 g/mol. The highest BCUT2D eigenvalue weighted by atomic mass is 32.1. The summed E-state index contributed by atoms with van der Waals surface area (Å²) in [6.07, 6.45) is 1.07. The molecular formula is C21H30N3O2S+. The maximum absolute atomic E-state index is 12.1. The number of carbonyl (C=O) groups excluding carboxylic acids is 2. The quantitative estimate of drug-likeness (QED) is 0.688. The van der Waals surface area contributed by atoms with E-state index in [4.69, 9.17) is 0 Å². The molecule has 1 heterocycles. The van der Waals surface area contributed by atoms with E-state index in [9.17, 15) is 9.59 Å². The first-order valence-corrected chi connectivity index (χ1v) is 10.2. The predicted molar refractivity (Wildman–Crippen MR) is 110 cm³/mol. The van der Waals surface area contributed by atoms with Gasteiger partial charge in [0.05, 0.1) is 11.4 Å². The van der Waals surface area contributed by atoms with Gasteiger partial charge in [-0.3, -0.25) is 9.59 Å². The summed E-state index contributed by atoms with van der Waals surface area (Å²) in [5.41, 5.74) is 2.51. The summed E-state index contributed by atoms with van der Waals surface area (Å²) in [5, 5.41) is 6.77. The number of amides is 2. The Morgan fingerprint density at radius 3 is 2.41 bits per heavy atom. The van der Waals surface area contributed by atoms with Crippen LogP contribution in [0.3, 0.4) is 0 Å². The van der Waals surface area contributed by atoms with Crippen molar-refractivity contribution in [3.8, 4) is 0 Å². The number of likely N-dealkylation sites (N-methyl/N-ethyl adjacent to an activating group) is 1. The number of hydrogen-bond donors (Lipinski definition) is 2. The van der Waals surface area contributed by atoms with Gasteiger partial charge < -0.3 is 15.5 Å². The summed E-state index contributed by atoms with van der Waals surface area (Å²) in [6.45, 7) is 4.75. The van der Waals surface area contributed by atoms with E-state index in [1.807, 2.05) is 11.4 Å². The minimum absolute atomic E-state index is 0.0350. The molecule has 5 nitrogen and oxygen atoms in total. The number of carbonyl (C=O) groups is 2. The van der Waals surface area contributed by atoms with Gasteiger partial charge in [-0.2, -0.15) is 0 Å². The third-order valence-corrected chi connectivity index (χ3v) is 5.26. The van der Waals surface area contributed by atoms with E-state index in [1.165, 1.54) is 20.9 Å². The third-order valence-electron chi connectivity index (χ3n) is 4.31. The molecule has 146 valence electrons. The predicted octanol–water partition coefficient (Wildman–Crippen LogP) is 1.80. The zero-order chi connectivity index (χ0) is 19.8. The van der Waals surface area contributed by atoms with Gasteiger partial charge >= 0.3 is 0 Å². The number of benzene rings is 1. The van der Waals surface area contributed by atoms with Crippen LogP contribution < -0.4 is 10.6 Å². The lowest BCUT2D eigenvalue weighted by molar-refractivity contribution is -0.676. The second-order valence-corrected chi connectivity index (χ2v) is 8.32. The fourth-order valence-corrected chi connectivity index (χ4v) is 3.70. The lowest BCUT2D eigenvalue weighted by Crippen LogP contribution is -2.87. The fourth-order valence-electron chi connectivity index (χ4n) is 2.85. The van der Waals surface area contributed by atoms with Gasteiger partial charge in [-0.1, -0.05) is 44.2 Å². The molecule has 0 fully saturated rings. The maximum atomic E-state index is 12.1. The molecule has 27 heavy (non-hydrogen) atoms. The highest BCUT2D eigenvalue weighted by molar-refractivity contribution is 7.10. The normalized spacial score (nSPS) is 12.0. The Kier molecular flexibility index (Phi) is 8.00. The number of hydrogen-bond acceptors (Lipinski definition) is 3. The van der Waals surface area contributed by atoms with Gasteiger partial charge in [-0.25, -0.2) is 0 Å². The zero-order valence-electron chi connectivity index (χ0n) is 16.6. The van der Waals surface area contributed by atoms with Crippen LogP contribution >= 0.6 is 11.3 Å². The Hall–Kier alpha value is -2.18.